The monoisotopic (exact) mass is 299 g/mol. The topological polar surface area (TPSA) is 53.1 Å². The van der Waals surface area contributed by atoms with Crippen molar-refractivity contribution in [3.05, 3.63) is 35.7 Å². The summed E-state index contributed by atoms with van der Waals surface area (Å²) >= 11 is 0. The number of alkyl halides is 3. The summed E-state index contributed by atoms with van der Waals surface area (Å²) in [5, 5.41) is 0. The smallest absolute Gasteiger partial charge is 0.434 e. The van der Waals surface area contributed by atoms with Crippen molar-refractivity contribution in [2.24, 2.45) is 12.8 Å². The zero-order chi connectivity index (χ0) is 15.6. The lowest BCUT2D eigenvalue weighted by Gasteiger charge is -2.11. The van der Waals surface area contributed by atoms with Gasteiger partial charge in [-0.05, 0) is 24.6 Å². The normalized spacial score (nSPS) is 11.7. The van der Waals surface area contributed by atoms with Gasteiger partial charge in [0, 0.05) is 19.8 Å². The molecule has 0 atom stereocenters. The molecule has 0 aliphatic rings. The highest BCUT2D eigenvalue weighted by Crippen LogP contribution is 2.34. The molecule has 0 bridgehead atoms. The molecule has 21 heavy (non-hydrogen) atoms. The Kier molecular flexibility index (Phi) is 4.22. The van der Waals surface area contributed by atoms with Crippen LogP contribution in [0.5, 0.6) is 5.75 Å². The number of rotatable bonds is 4. The average Bonchev–Trinajstić information content (AvgIpc) is 2.81. The van der Waals surface area contributed by atoms with Crippen LogP contribution in [0.15, 0.2) is 24.4 Å². The fourth-order valence-electron chi connectivity index (χ4n) is 2.01. The number of nitrogens with zero attached hydrogens (tertiary/aromatic N) is 2. The van der Waals surface area contributed by atoms with Gasteiger partial charge in [-0.25, -0.2) is 4.98 Å². The van der Waals surface area contributed by atoms with Crippen LogP contribution >= 0.6 is 0 Å². The van der Waals surface area contributed by atoms with Crippen molar-refractivity contribution >= 4 is 0 Å². The van der Waals surface area contributed by atoms with Gasteiger partial charge in [-0.1, -0.05) is 6.07 Å². The van der Waals surface area contributed by atoms with E-state index in [0.717, 1.165) is 11.8 Å². The number of ether oxygens (including phenoxy) is 1. The van der Waals surface area contributed by atoms with Gasteiger partial charge in [0.1, 0.15) is 11.6 Å². The van der Waals surface area contributed by atoms with Gasteiger partial charge in [0.05, 0.1) is 12.2 Å². The van der Waals surface area contributed by atoms with E-state index in [-0.39, 0.29) is 5.82 Å². The highest BCUT2D eigenvalue weighted by Gasteiger charge is 2.34. The number of aromatic nitrogens is 2. The first kappa shape index (κ1) is 15.4. The number of halogens is 3. The molecular formula is C14H16F3N3O. The van der Waals surface area contributed by atoms with Crippen molar-refractivity contribution < 1.29 is 17.9 Å². The molecule has 2 aromatic rings. The second-order valence-corrected chi connectivity index (χ2v) is 4.53. The summed E-state index contributed by atoms with van der Waals surface area (Å²) in [6.07, 6.45) is -3.51. The molecule has 1 aromatic heterocycles. The van der Waals surface area contributed by atoms with Crippen molar-refractivity contribution in [2.75, 3.05) is 6.61 Å². The average molecular weight is 299 g/mol. The Hall–Kier alpha value is -2.02. The molecule has 0 unspecified atom stereocenters. The quantitative estimate of drug-likeness (QED) is 0.944. The summed E-state index contributed by atoms with van der Waals surface area (Å²) < 4.78 is 45.1. The number of hydrogen-bond donors (Lipinski definition) is 1. The van der Waals surface area contributed by atoms with Crippen LogP contribution in [-0.2, 0) is 19.8 Å². The predicted octanol–water partition coefficient (Wildman–Crippen LogP) is 2.96. The summed E-state index contributed by atoms with van der Waals surface area (Å²) in [5.41, 5.74) is 5.99. The van der Waals surface area contributed by atoms with Gasteiger partial charge >= 0.3 is 6.18 Å². The Morgan fingerprint density at radius 3 is 2.57 bits per heavy atom. The minimum Gasteiger partial charge on any atom is -0.493 e. The lowest BCUT2D eigenvalue weighted by Crippen LogP contribution is -2.05. The zero-order valence-electron chi connectivity index (χ0n) is 11.7. The lowest BCUT2D eigenvalue weighted by atomic mass is 10.1. The fourth-order valence-corrected chi connectivity index (χ4v) is 2.01. The molecule has 2 rings (SSSR count). The Balaban J connectivity index is 2.53. The molecule has 0 spiro atoms. The molecule has 2 N–H and O–H groups in total. The number of benzene rings is 1. The van der Waals surface area contributed by atoms with E-state index in [1.807, 2.05) is 0 Å². The van der Waals surface area contributed by atoms with E-state index in [0.29, 0.717) is 24.5 Å². The van der Waals surface area contributed by atoms with Crippen LogP contribution in [0.2, 0.25) is 0 Å². The van der Waals surface area contributed by atoms with Gasteiger partial charge in [-0.2, -0.15) is 13.2 Å². The van der Waals surface area contributed by atoms with E-state index in [1.165, 1.54) is 11.6 Å². The number of nitrogens with two attached hydrogens (primary N) is 1. The maximum Gasteiger partial charge on any atom is 0.434 e. The third-order valence-corrected chi connectivity index (χ3v) is 2.99. The molecule has 4 nitrogen and oxygen atoms in total. The van der Waals surface area contributed by atoms with E-state index in [1.54, 1.807) is 25.1 Å². The van der Waals surface area contributed by atoms with Crippen LogP contribution in [0, 0.1) is 0 Å². The SMILES string of the molecule is CCOc1cc(CN)ccc1-c1nc(C(F)(F)F)cn1C. The van der Waals surface area contributed by atoms with Crippen LogP contribution < -0.4 is 10.5 Å². The van der Waals surface area contributed by atoms with Gasteiger partial charge in [0.25, 0.3) is 0 Å². The van der Waals surface area contributed by atoms with Gasteiger partial charge in [0.2, 0.25) is 0 Å². The van der Waals surface area contributed by atoms with E-state index in [9.17, 15) is 13.2 Å². The minimum absolute atomic E-state index is 0.203. The van der Waals surface area contributed by atoms with Crippen LogP contribution in [0.4, 0.5) is 13.2 Å². The molecule has 7 heteroatoms. The van der Waals surface area contributed by atoms with E-state index in [4.69, 9.17) is 10.5 Å². The number of hydrogen-bond acceptors (Lipinski definition) is 3. The maximum absolute atomic E-state index is 12.7. The molecule has 1 aromatic carbocycles. The van der Waals surface area contributed by atoms with Gasteiger partial charge in [-0.15, -0.1) is 0 Å². The van der Waals surface area contributed by atoms with E-state index in [2.05, 4.69) is 4.98 Å². The number of aryl methyl sites for hydroxylation is 1. The zero-order valence-corrected chi connectivity index (χ0v) is 11.7. The fraction of sp³-hybridized carbons (Fsp3) is 0.357. The first-order valence-electron chi connectivity index (χ1n) is 6.43. The van der Waals surface area contributed by atoms with E-state index < -0.39 is 11.9 Å². The summed E-state index contributed by atoms with van der Waals surface area (Å²) in [6.45, 7) is 2.53. The van der Waals surface area contributed by atoms with Crippen molar-refractivity contribution in [1.29, 1.82) is 0 Å². The van der Waals surface area contributed by atoms with Crippen LogP contribution in [-0.4, -0.2) is 16.2 Å². The molecule has 0 amide bonds. The van der Waals surface area contributed by atoms with Crippen LogP contribution in [0.3, 0.4) is 0 Å². The molecule has 0 saturated carbocycles. The Morgan fingerprint density at radius 2 is 2.05 bits per heavy atom. The standard InChI is InChI=1S/C14H16F3N3O/c1-3-21-11-6-9(7-18)4-5-10(11)13-19-12(8-20(13)2)14(15,16)17/h4-6,8H,3,7,18H2,1-2H3. The molecular weight excluding hydrogens is 283 g/mol. The predicted molar refractivity (Wildman–Crippen MR) is 72.7 cm³/mol. The Labute approximate surface area is 120 Å². The molecule has 1 heterocycles. The van der Waals surface area contributed by atoms with Crippen molar-refractivity contribution in [2.45, 2.75) is 19.6 Å². The second kappa shape index (κ2) is 5.77. The molecule has 0 saturated heterocycles. The third kappa shape index (κ3) is 3.18. The van der Waals surface area contributed by atoms with Gasteiger partial charge < -0.3 is 15.0 Å². The Morgan fingerprint density at radius 1 is 1.33 bits per heavy atom. The first-order chi connectivity index (χ1) is 9.86. The summed E-state index contributed by atoms with van der Waals surface area (Å²) in [7, 11) is 1.52. The number of imidazole rings is 1. The molecule has 114 valence electrons. The third-order valence-electron chi connectivity index (χ3n) is 2.99. The van der Waals surface area contributed by atoms with Crippen LogP contribution in [0.1, 0.15) is 18.2 Å². The first-order valence-corrected chi connectivity index (χ1v) is 6.43. The second-order valence-electron chi connectivity index (χ2n) is 4.53. The maximum atomic E-state index is 12.7. The highest BCUT2D eigenvalue weighted by molar-refractivity contribution is 5.65. The van der Waals surface area contributed by atoms with Gasteiger partial charge in [0.15, 0.2) is 5.69 Å². The van der Waals surface area contributed by atoms with Crippen molar-refractivity contribution in [1.82, 2.24) is 9.55 Å². The summed E-state index contributed by atoms with van der Waals surface area (Å²) in [4.78, 5) is 3.68. The highest BCUT2D eigenvalue weighted by atomic mass is 19.4. The van der Waals surface area contributed by atoms with Gasteiger partial charge in [-0.3, -0.25) is 0 Å². The molecule has 0 fully saturated rings. The molecule has 0 radical (unpaired) electrons. The minimum atomic E-state index is -4.47. The molecule has 0 aliphatic carbocycles. The summed E-state index contributed by atoms with van der Waals surface area (Å²) in [6, 6.07) is 5.15. The van der Waals surface area contributed by atoms with E-state index >= 15 is 0 Å². The molecule has 0 aliphatic heterocycles. The summed E-state index contributed by atoms with van der Waals surface area (Å²) in [5.74, 6) is 0.678. The largest absolute Gasteiger partial charge is 0.493 e. The van der Waals surface area contributed by atoms with Crippen molar-refractivity contribution in [3.63, 3.8) is 0 Å². The van der Waals surface area contributed by atoms with Crippen LogP contribution in [0.25, 0.3) is 11.4 Å². The Bertz CT molecular complexity index is 635. The lowest BCUT2D eigenvalue weighted by molar-refractivity contribution is -0.140. The van der Waals surface area contributed by atoms with Crippen molar-refractivity contribution in [3.8, 4) is 17.1 Å².